The first-order chi connectivity index (χ1) is 20.7. The minimum absolute atomic E-state index is 0.138. The van der Waals surface area contributed by atoms with Crippen molar-refractivity contribution in [1.29, 1.82) is 10.8 Å². The van der Waals surface area contributed by atoms with Gasteiger partial charge in [0.25, 0.3) is 0 Å². The molecular formula is C21H14Cl3I3N10O7. The molecule has 23 heteroatoms. The normalized spacial score (nSPS) is 9.75. The molecule has 232 valence electrons. The predicted octanol–water partition coefficient (Wildman–Crippen LogP) is 7.16. The van der Waals surface area contributed by atoms with Gasteiger partial charge in [0.2, 0.25) is 5.75 Å². The van der Waals surface area contributed by atoms with Gasteiger partial charge < -0.3 is 20.9 Å². The van der Waals surface area contributed by atoms with Crippen molar-refractivity contribution in [2.24, 2.45) is 21.3 Å². The Hall–Kier alpha value is -3.25. The maximum Gasteiger partial charge on any atom is 0.375 e. The number of nitrogens with one attached hydrogen (secondary N) is 3. The number of benzene rings is 2. The smallest absolute Gasteiger partial charge is 0.375 e. The van der Waals surface area contributed by atoms with E-state index >= 15 is 0 Å². The van der Waals surface area contributed by atoms with Gasteiger partial charge in [-0.1, -0.05) is 40.0 Å². The molecule has 0 unspecified atom stereocenters. The van der Waals surface area contributed by atoms with Crippen LogP contribution < -0.4 is 17.0 Å². The van der Waals surface area contributed by atoms with Crippen molar-refractivity contribution >= 4 is 144 Å². The largest absolute Gasteiger partial charge is 0.501 e. The van der Waals surface area contributed by atoms with Crippen molar-refractivity contribution in [2.75, 3.05) is 0 Å². The minimum atomic E-state index is -0.947. The molecule has 0 amide bonds. The molecule has 0 atom stereocenters. The Morgan fingerprint density at radius 2 is 1.27 bits per heavy atom. The van der Waals surface area contributed by atoms with Crippen LogP contribution in [0.25, 0.3) is 21.8 Å². The van der Waals surface area contributed by atoms with E-state index in [2.05, 4.69) is 31.2 Å². The lowest BCUT2D eigenvalue weighted by Crippen LogP contribution is -2.12. The molecule has 44 heavy (non-hydrogen) atoms. The first kappa shape index (κ1) is 40.8. The fourth-order valence-electron chi connectivity index (χ4n) is 2.84. The number of hydrogen-bond acceptors (Lipinski definition) is 12. The molecule has 0 saturated heterocycles. The van der Waals surface area contributed by atoms with E-state index in [0.29, 0.717) is 20.9 Å². The maximum absolute atomic E-state index is 11.4. The molecule has 0 fully saturated rings. The van der Waals surface area contributed by atoms with Crippen molar-refractivity contribution in [3.8, 4) is 9.83 Å². The lowest BCUT2D eigenvalue weighted by Gasteiger charge is -2.01. The van der Waals surface area contributed by atoms with Gasteiger partial charge in [0.05, 0.1) is 51.9 Å². The lowest BCUT2D eigenvalue weighted by molar-refractivity contribution is -0.387. The molecular weight excluding hydrogens is 991 g/mol. The van der Waals surface area contributed by atoms with Crippen LogP contribution in [0.5, 0.6) is 5.75 Å². The van der Waals surface area contributed by atoms with Gasteiger partial charge in [-0.2, -0.15) is 21.0 Å². The number of H-pyrrole nitrogens is 2. The van der Waals surface area contributed by atoms with E-state index in [1.54, 1.807) is 41.2 Å². The zero-order chi connectivity index (χ0) is 34.0. The summed E-state index contributed by atoms with van der Waals surface area (Å²) in [6.45, 7) is 0. The number of pyridine rings is 2. The second-order valence-electron chi connectivity index (χ2n) is 6.80. The van der Waals surface area contributed by atoms with Crippen LogP contribution >= 0.6 is 103 Å². The molecule has 17 nitrogen and oxygen atoms in total. The van der Waals surface area contributed by atoms with Crippen molar-refractivity contribution in [3.05, 3.63) is 92.4 Å². The molecule has 0 radical (unpaired) electrons. The molecule has 2 aromatic carbocycles. The predicted molar refractivity (Wildman–Crippen MR) is 193 cm³/mol. The van der Waals surface area contributed by atoms with Crippen LogP contribution in [0.3, 0.4) is 0 Å². The van der Waals surface area contributed by atoms with Gasteiger partial charge in [0.15, 0.2) is 0 Å². The number of nitriles is 1. The van der Waals surface area contributed by atoms with Crippen LogP contribution in [-0.2, 0) is 0 Å². The number of rotatable bonds is 3. The van der Waals surface area contributed by atoms with Gasteiger partial charge in [-0.15, -0.1) is 0 Å². The monoisotopic (exact) mass is 1000 g/mol. The third-order valence-electron chi connectivity index (χ3n) is 4.33. The zero-order valence-electron chi connectivity index (χ0n) is 21.0. The Morgan fingerprint density at radius 1 is 0.909 bits per heavy atom. The number of hydrogen-bond donors (Lipinski definition) is 5. The van der Waals surface area contributed by atoms with Crippen LogP contribution in [0, 0.1) is 35.1 Å². The highest BCUT2D eigenvalue weighted by Crippen LogP contribution is 2.31. The molecule has 0 saturated carbocycles. The highest BCUT2D eigenvalue weighted by Gasteiger charge is 2.22. The number of halogens is 6. The van der Waals surface area contributed by atoms with Crippen molar-refractivity contribution in [1.82, 2.24) is 9.97 Å². The second-order valence-corrected chi connectivity index (χ2v) is 9.65. The Morgan fingerprint density at radius 3 is 1.66 bits per heavy atom. The standard InChI is InChI=1S/C9H4Cl2N2O3.C9H5ClN2O4.C2H2I2N2.CIN.H3N3/c10-4-1-2-6-5(3-4)7(11)8(13(15)16)9(14)12-6;10-4-1-2-6-5(3-4)8(13)7(12(15)16)9(14)11-6;3-1-5-6-2-4;2-1-3;1-3-2/h1-3H,(H,12,14);1-3H,(H2,11,13,14);1-2H;;(H3,1,2)/b;;5-1+,6-2+;;. The summed E-state index contributed by atoms with van der Waals surface area (Å²) in [4.78, 5) is 46.8. The Labute approximate surface area is 300 Å². The summed E-state index contributed by atoms with van der Waals surface area (Å²) in [5.74, 6) is 3.46. The van der Waals surface area contributed by atoms with Gasteiger partial charge in [-0.25, -0.2) is 0 Å². The summed E-state index contributed by atoms with van der Waals surface area (Å²) in [6.07, 6.45) is 0. The number of nitrogens with two attached hydrogens (primary N) is 1. The SMILES string of the molecule is I/C=N/N=C/I.N#CI.N=NN.O=c1[nH]c2ccc(Cl)cc2c(Cl)c1[N+](=O)[O-].O=c1[nH]c2ccc(Cl)cc2c(O)c1[N+](=O)[O-]. The van der Waals surface area contributed by atoms with Gasteiger partial charge >= 0.3 is 22.5 Å². The first-order valence-corrected chi connectivity index (χ1v) is 15.1. The molecule has 2 aromatic heterocycles. The van der Waals surface area contributed by atoms with Crippen LogP contribution in [0.15, 0.2) is 61.4 Å². The molecule has 0 aliphatic rings. The maximum atomic E-state index is 11.4. The average Bonchev–Trinajstić information content (AvgIpc) is 2.94. The molecule has 0 spiro atoms. The van der Waals surface area contributed by atoms with Crippen molar-refractivity contribution in [2.45, 2.75) is 0 Å². The molecule has 4 rings (SSSR count). The third-order valence-corrected chi connectivity index (χ3v) is 5.68. The molecule has 6 N–H and O–H groups in total. The number of nitro groups is 2. The highest BCUT2D eigenvalue weighted by molar-refractivity contribution is 14.1. The Bertz CT molecular complexity index is 1740. The van der Waals surface area contributed by atoms with Gasteiger partial charge in [-0.05, 0) is 81.6 Å². The van der Waals surface area contributed by atoms with Gasteiger partial charge in [0.1, 0.15) is 9.10 Å². The Kier molecular flexibility index (Phi) is 19.9. The summed E-state index contributed by atoms with van der Waals surface area (Å²) in [5.41, 5.74) is 2.98. The van der Waals surface area contributed by atoms with Gasteiger partial charge in [0, 0.05) is 20.8 Å². The van der Waals surface area contributed by atoms with E-state index in [-0.39, 0.29) is 15.9 Å². The number of nitrogens with zero attached hydrogens (tertiary/aromatic N) is 6. The first-order valence-electron chi connectivity index (χ1n) is 10.4. The summed E-state index contributed by atoms with van der Waals surface area (Å²) >= 11 is 22.8. The fourth-order valence-corrected chi connectivity index (χ4v) is 3.78. The van der Waals surface area contributed by atoms with E-state index in [1.165, 1.54) is 30.3 Å². The van der Waals surface area contributed by atoms with Crippen LogP contribution in [-0.4, -0.2) is 33.4 Å². The van der Waals surface area contributed by atoms with Gasteiger partial charge in [-0.3, -0.25) is 29.8 Å². The van der Waals surface area contributed by atoms with Crippen LogP contribution in [0.4, 0.5) is 11.4 Å². The summed E-state index contributed by atoms with van der Waals surface area (Å²) in [6, 6.07) is 8.86. The molecule has 0 aliphatic heterocycles. The zero-order valence-corrected chi connectivity index (χ0v) is 29.8. The third kappa shape index (κ3) is 12.8. The van der Waals surface area contributed by atoms with Crippen molar-refractivity contribution < 1.29 is 15.0 Å². The van der Waals surface area contributed by atoms with E-state index < -0.39 is 38.1 Å². The topological polar surface area (TPSA) is 283 Å². The number of fused-ring (bicyclic) bond motifs is 2. The Balaban J connectivity index is 0.000000621. The number of aromatic nitrogens is 2. The number of aromatic hydroxyl groups is 1. The molecule has 4 aromatic rings. The van der Waals surface area contributed by atoms with Crippen LogP contribution in [0.2, 0.25) is 15.1 Å². The van der Waals surface area contributed by atoms with Crippen molar-refractivity contribution in [3.63, 3.8) is 0 Å². The lowest BCUT2D eigenvalue weighted by atomic mass is 10.2. The fraction of sp³-hybridized carbons (Fsp3) is 0. The van der Waals surface area contributed by atoms with Crippen LogP contribution in [0.1, 0.15) is 0 Å². The van der Waals surface area contributed by atoms with E-state index in [4.69, 9.17) is 45.6 Å². The van der Waals surface area contributed by atoms with E-state index in [0.717, 1.165) is 0 Å². The number of aromatic amines is 2. The second kappa shape index (κ2) is 21.5. The molecule has 0 bridgehead atoms. The molecule has 0 aliphatic carbocycles. The van der Waals surface area contributed by atoms with E-state index in [1.807, 2.05) is 45.2 Å². The average molecular weight is 1010 g/mol. The highest BCUT2D eigenvalue weighted by atomic mass is 127. The summed E-state index contributed by atoms with van der Waals surface area (Å²) in [7, 11) is 0. The summed E-state index contributed by atoms with van der Waals surface area (Å²) < 4.78 is 4.93. The minimum Gasteiger partial charge on any atom is -0.501 e. The molecule has 2 heterocycles. The summed E-state index contributed by atoms with van der Waals surface area (Å²) in [5, 5.41) is 48.4. The van der Waals surface area contributed by atoms with E-state index in [9.17, 15) is 34.9 Å². The quantitative estimate of drug-likeness (QED) is 0.0347.